The molecule has 0 aromatic heterocycles. The Morgan fingerprint density at radius 3 is 2.94 bits per heavy atom. The zero-order valence-corrected chi connectivity index (χ0v) is 17.2. The number of rotatable bonds is 3. The van der Waals surface area contributed by atoms with Gasteiger partial charge in [-0.15, -0.1) is 5.92 Å². The van der Waals surface area contributed by atoms with Crippen LogP contribution in [-0.2, 0) is 4.74 Å². The Labute approximate surface area is 161 Å². The fourth-order valence-corrected chi connectivity index (χ4v) is 2.76. The Morgan fingerprint density at radius 2 is 2.31 bits per heavy atom. The predicted octanol–water partition coefficient (Wildman–Crippen LogP) is 0.369. The molecule has 1 aromatic carbocycles. The minimum absolute atomic E-state index is 0. The van der Waals surface area contributed by atoms with Gasteiger partial charge in [0.15, 0.2) is 0 Å². The van der Waals surface area contributed by atoms with Gasteiger partial charge in [-0.05, 0) is 24.6 Å². The van der Waals surface area contributed by atoms with Crippen molar-refractivity contribution in [3.63, 3.8) is 0 Å². The second-order valence-electron chi connectivity index (χ2n) is 3.81. The molecule has 4 heteroatoms. The molecule has 2 rings (SSSR count). The SMILES string of the molecule is CNc1cccc(SC2C[C@@H](C)[CH-]O2)c1.[Cs+]. The summed E-state index contributed by atoms with van der Waals surface area (Å²) in [4.78, 5) is 1.26. The molecule has 1 fully saturated rings. The van der Waals surface area contributed by atoms with Crippen LogP contribution in [0, 0.1) is 12.5 Å². The third-order valence-corrected chi connectivity index (χ3v) is 3.51. The zero-order chi connectivity index (χ0) is 10.7. The number of anilines is 1. The third-order valence-electron chi connectivity index (χ3n) is 2.42. The molecule has 1 aliphatic rings. The summed E-state index contributed by atoms with van der Waals surface area (Å²) in [5, 5.41) is 3.14. The van der Waals surface area contributed by atoms with Gasteiger partial charge in [0.1, 0.15) is 0 Å². The molecule has 1 aromatic rings. The normalized spacial score (nSPS) is 23.9. The van der Waals surface area contributed by atoms with Crippen LogP contribution in [0.2, 0.25) is 0 Å². The molecule has 1 heterocycles. The fraction of sp³-hybridized carbons (Fsp3) is 0.417. The minimum Gasteiger partial charge on any atom is -0.542 e. The van der Waals surface area contributed by atoms with Crippen LogP contribution in [-0.4, -0.2) is 12.5 Å². The Morgan fingerprint density at radius 1 is 1.50 bits per heavy atom. The summed E-state index contributed by atoms with van der Waals surface area (Å²) < 4.78 is 5.56. The van der Waals surface area contributed by atoms with Gasteiger partial charge in [-0.25, -0.2) is 6.61 Å². The molecular formula is C12H16CsNOS. The van der Waals surface area contributed by atoms with Crippen LogP contribution in [0.5, 0.6) is 0 Å². The molecule has 82 valence electrons. The smallest absolute Gasteiger partial charge is 0.542 e. The van der Waals surface area contributed by atoms with E-state index < -0.39 is 0 Å². The zero-order valence-electron chi connectivity index (χ0n) is 10.1. The van der Waals surface area contributed by atoms with Gasteiger partial charge in [0.05, 0.1) is 5.44 Å². The molecule has 0 spiro atoms. The van der Waals surface area contributed by atoms with Crippen LogP contribution in [0.4, 0.5) is 5.69 Å². The van der Waals surface area contributed by atoms with E-state index in [0.29, 0.717) is 5.92 Å². The number of hydrogen-bond donors (Lipinski definition) is 1. The first-order valence-corrected chi connectivity index (χ1v) is 6.09. The maximum absolute atomic E-state index is 5.56. The minimum atomic E-state index is 0. The van der Waals surface area contributed by atoms with E-state index in [1.54, 1.807) is 11.8 Å². The van der Waals surface area contributed by atoms with Gasteiger partial charge in [-0.2, -0.15) is 0 Å². The van der Waals surface area contributed by atoms with Gasteiger partial charge < -0.3 is 10.1 Å². The van der Waals surface area contributed by atoms with Crippen molar-refractivity contribution in [2.45, 2.75) is 23.7 Å². The molecule has 1 unspecified atom stereocenters. The molecule has 2 nitrogen and oxygen atoms in total. The van der Waals surface area contributed by atoms with E-state index in [2.05, 4.69) is 36.5 Å². The first kappa shape index (κ1) is 15.4. The molecule has 1 aliphatic heterocycles. The fourth-order valence-electron chi connectivity index (χ4n) is 1.59. The Hall–Kier alpha value is 1.38. The standard InChI is InChI=1S/C12H16NOS.Cs/c1-9-6-12(14-8-9)15-11-5-3-4-10(7-11)13-2;/h3-5,7-9,12-13H,6H2,1-2H3;/q-1;+1/t9-,12?;/m1./s1. The Kier molecular flexibility index (Phi) is 7.47. The monoisotopic (exact) mass is 355 g/mol. The van der Waals surface area contributed by atoms with Crippen molar-refractivity contribution in [2.75, 3.05) is 12.4 Å². The van der Waals surface area contributed by atoms with E-state index in [9.17, 15) is 0 Å². The molecule has 0 amide bonds. The number of ether oxygens (including phenoxy) is 1. The molecule has 0 bridgehead atoms. The van der Waals surface area contributed by atoms with Crippen molar-refractivity contribution >= 4 is 17.4 Å². The van der Waals surface area contributed by atoms with E-state index in [1.807, 2.05) is 13.7 Å². The summed E-state index contributed by atoms with van der Waals surface area (Å²) in [5.74, 6) is 0.579. The van der Waals surface area contributed by atoms with Crippen LogP contribution in [0.1, 0.15) is 13.3 Å². The molecule has 1 N–H and O–H groups in total. The first-order chi connectivity index (χ1) is 7.28. The van der Waals surface area contributed by atoms with E-state index >= 15 is 0 Å². The van der Waals surface area contributed by atoms with E-state index in [0.717, 1.165) is 12.1 Å². The maximum Gasteiger partial charge on any atom is 1.00 e. The van der Waals surface area contributed by atoms with E-state index in [4.69, 9.17) is 4.74 Å². The van der Waals surface area contributed by atoms with Crippen LogP contribution < -0.4 is 74.2 Å². The van der Waals surface area contributed by atoms with Crippen molar-refractivity contribution in [2.24, 2.45) is 5.92 Å². The molecule has 0 saturated carbocycles. The average Bonchev–Trinajstić information content (AvgIpc) is 2.64. The Balaban J connectivity index is 0.00000128. The second-order valence-corrected chi connectivity index (χ2v) is 5.04. The van der Waals surface area contributed by atoms with Gasteiger partial charge >= 0.3 is 68.9 Å². The summed E-state index contributed by atoms with van der Waals surface area (Å²) in [6, 6.07) is 8.40. The molecule has 0 aliphatic carbocycles. The summed E-state index contributed by atoms with van der Waals surface area (Å²) in [5.41, 5.74) is 1.43. The van der Waals surface area contributed by atoms with Crippen LogP contribution in [0.3, 0.4) is 0 Å². The van der Waals surface area contributed by atoms with Gasteiger partial charge in [0.2, 0.25) is 0 Å². The van der Waals surface area contributed by atoms with Gasteiger partial charge in [-0.1, -0.05) is 24.8 Å². The topological polar surface area (TPSA) is 21.3 Å². The molecular weight excluding hydrogens is 339 g/mol. The molecule has 0 radical (unpaired) electrons. The maximum atomic E-state index is 5.56. The number of benzene rings is 1. The van der Waals surface area contributed by atoms with Crippen LogP contribution in [0.15, 0.2) is 29.2 Å². The van der Waals surface area contributed by atoms with Gasteiger partial charge in [-0.3, -0.25) is 0 Å². The van der Waals surface area contributed by atoms with Crippen molar-refractivity contribution in [1.82, 2.24) is 0 Å². The quantitative estimate of drug-likeness (QED) is 0.792. The Bertz CT molecular complexity index is 335. The van der Waals surface area contributed by atoms with Gasteiger partial charge in [0, 0.05) is 17.6 Å². The van der Waals surface area contributed by atoms with Crippen LogP contribution >= 0.6 is 11.8 Å². The third kappa shape index (κ3) is 4.57. The van der Waals surface area contributed by atoms with Crippen molar-refractivity contribution in [3.8, 4) is 0 Å². The summed E-state index contributed by atoms with van der Waals surface area (Å²) in [6.45, 7) is 4.13. The van der Waals surface area contributed by atoms with Crippen molar-refractivity contribution in [3.05, 3.63) is 30.9 Å². The number of hydrogen-bond acceptors (Lipinski definition) is 3. The number of nitrogens with one attached hydrogen (secondary N) is 1. The van der Waals surface area contributed by atoms with E-state index in [-0.39, 0.29) is 74.3 Å². The van der Waals surface area contributed by atoms with Crippen molar-refractivity contribution < 1.29 is 73.6 Å². The van der Waals surface area contributed by atoms with Gasteiger partial charge in [0.25, 0.3) is 0 Å². The summed E-state index contributed by atoms with van der Waals surface area (Å²) in [7, 11) is 1.94. The molecule has 1 saturated heterocycles. The molecule has 16 heavy (non-hydrogen) atoms. The van der Waals surface area contributed by atoms with E-state index in [1.165, 1.54) is 4.90 Å². The van der Waals surface area contributed by atoms with Crippen LogP contribution in [0.25, 0.3) is 0 Å². The first-order valence-electron chi connectivity index (χ1n) is 5.21. The largest absolute Gasteiger partial charge is 1.00 e. The summed E-state index contributed by atoms with van der Waals surface area (Å²) >= 11 is 1.79. The number of thioether (sulfide) groups is 1. The van der Waals surface area contributed by atoms with Crippen molar-refractivity contribution in [1.29, 1.82) is 0 Å². The summed E-state index contributed by atoms with van der Waals surface area (Å²) in [6.07, 6.45) is 1.11. The predicted molar refractivity (Wildman–Crippen MR) is 64.8 cm³/mol. The average molecular weight is 355 g/mol. The molecule has 2 atom stereocenters. The second kappa shape index (κ2) is 7.74.